The number of pyridine rings is 1. The first kappa shape index (κ1) is 15.3. The first-order valence-electron chi connectivity index (χ1n) is 8.09. The van der Waals surface area contributed by atoms with Gasteiger partial charge < -0.3 is 5.11 Å². The number of aromatic nitrogens is 3. The molecule has 4 nitrogen and oxygen atoms in total. The average molecular weight is 327 g/mol. The molecule has 4 heteroatoms. The Morgan fingerprint density at radius 3 is 1.84 bits per heavy atom. The van der Waals surface area contributed by atoms with E-state index in [4.69, 9.17) is 0 Å². The summed E-state index contributed by atoms with van der Waals surface area (Å²) in [7, 11) is 0. The van der Waals surface area contributed by atoms with E-state index in [1.54, 1.807) is 12.4 Å². The van der Waals surface area contributed by atoms with Gasteiger partial charge in [0.2, 0.25) is 0 Å². The molecular formula is C21H17N3O. The van der Waals surface area contributed by atoms with Gasteiger partial charge in [0.1, 0.15) is 5.82 Å². The van der Waals surface area contributed by atoms with Crippen LogP contribution in [0.2, 0.25) is 0 Å². The fourth-order valence-corrected chi connectivity index (χ4v) is 3.04. The van der Waals surface area contributed by atoms with Crippen LogP contribution in [0.5, 0.6) is 0 Å². The van der Waals surface area contributed by atoms with Gasteiger partial charge in [0, 0.05) is 18.6 Å². The third-order valence-corrected chi connectivity index (χ3v) is 4.24. The molecule has 2 aromatic heterocycles. The maximum atomic E-state index is 11.8. The molecule has 0 saturated carbocycles. The lowest BCUT2D eigenvalue weighted by Crippen LogP contribution is -2.32. The predicted octanol–water partition coefficient (Wildman–Crippen LogP) is 3.55. The molecule has 0 unspecified atom stereocenters. The zero-order valence-electron chi connectivity index (χ0n) is 13.5. The molecule has 25 heavy (non-hydrogen) atoms. The molecule has 2 heterocycles. The number of rotatable bonds is 4. The van der Waals surface area contributed by atoms with E-state index >= 15 is 0 Å². The Balaban J connectivity index is 1.97. The standard InChI is InChI=1S/C21H17N3O/c25-21(17-9-3-1-4-10-17,18-11-5-2-6-12-18)20-23-15-16-24(20)19-13-7-8-14-22-19/h1-16,25H. The normalized spacial score (nSPS) is 11.4. The van der Waals surface area contributed by atoms with Crippen LogP contribution in [0.15, 0.2) is 97.5 Å². The van der Waals surface area contributed by atoms with Gasteiger partial charge in [-0.15, -0.1) is 0 Å². The van der Waals surface area contributed by atoms with Crippen LogP contribution in [-0.2, 0) is 5.60 Å². The van der Waals surface area contributed by atoms with E-state index in [9.17, 15) is 5.11 Å². The highest BCUT2D eigenvalue weighted by Gasteiger charge is 2.38. The van der Waals surface area contributed by atoms with Crippen LogP contribution in [-0.4, -0.2) is 19.6 Å². The number of hydrogen-bond donors (Lipinski definition) is 1. The number of benzene rings is 2. The van der Waals surface area contributed by atoms with Gasteiger partial charge in [-0.3, -0.25) is 4.57 Å². The maximum absolute atomic E-state index is 11.8. The zero-order chi connectivity index (χ0) is 17.1. The van der Waals surface area contributed by atoms with E-state index in [0.717, 1.165) is 11.1 Å². The van der Waals surface area contributed by atoms with Crippen molar-refractivity contribution >= 4 is 0 Å². The molecule has 0 aliphatic carbocycles. The van der Waals surface area contributed by atoms with Crippen LogP contribution >= 0.6 is 0 Å². The van der Waals surface area contributed by atoms with Gasteiger partial charge in [0.15, 0.2) is 11.4 Å². The summed E-state index contributed by atoms with van der Waals surface area (Å²) >= 11 is 0. The van der Waals surface area contributed by atoms with Crippen molar-refractivity contribution in [1.82, 2.24) is 14.5 Å². The highest BCUT2D eigenvalue weighted by Crippen LogP contribution is 2.36. The lowest BCUT2D eigenvalue weighted by atomic mass is 9.85. The Bertz CT molecular complexity index is 911. The molecule has 0 amide bonds. The second-order valence-corrected chi connectivity index (χ2v) is 5.75. The van der Waals surface area contributed by atoms with Gasteiger partial charge in [-0.2, -0.15) is 0 Å². The fraction of sp³-hybridized carbons (Fsp3) is 0.0476. The Hall–Kier alpha value is -3.24. The number of nitrogens with zero attached hydrogens (tertiary/aromatic N) is 3. The summed E-state index contributed by atoms with van der Waals surface area (Å²) in [6, 6.07) is 24.8. The molecule has 0 spiro atoms. The molecular weight excluding hydrogens is 310 g/mol. The van der Waals surface area contributed by atoms with Crippen molar-refractivity contribution in [3.63, 3.8) is 0 Å². The summed E-state index contributed by atoms with van der Waals surface area (Å²) in [6.45, 7) is 0. The molecule has 2 aromatic carbocycles. The molecule has 0 fully saturated rings. The highest BCUT2D eigenvalue weighted by atomic mass is 16.3. The SMILES string of the molecule is OC(c1ccccc1)(c1ccccc1)c1nccn1-c1ccccn1. The second-order valence-electron chi connectivity index (χ2n) is 5.75. The van der Waals surface area contributed by atoms with Crippen LogP contribution in [0.4, 0.5) is 0 Å². The van der Waals surface area contributed by atoms with E-state index in [1.165, 1.54) is 0 Å². The van der Waals surface area contributed by atoms with Crippen LogP contribution in [0, 0.1) is 0 Å². The molecule has 4 rings (SSSR count). The van der Waals surface area contributed by atoms with E-state index in [2.05, 4.69) is 9.97 Å². The fourth-order valence-electron chi connectivity index (χ4n) is 3.04. The number of aliphatic hydroxyl groups is 1. The van der Waals surface area contributed by atoms with Gasteiger partial charge in [-0.05, 0) is 23.3 Å². The van der Waals surface area contributed by atoms with Crippen LogP contribution in [0.25, 0.3) is 5.82 Å². The summed E-state index contributed by atoms with van der Waals surface area (Å²) in [5, 5.41) is 11.8. The summed E-state index contributed by atoms with van der Waals surface area (Å²) in [5.41, 5.74) is 0.123. The van der Waals surface area contributed by atoms with Crippen LogP contribution in [0.3, 0.4) is 0 Å². The number of hydrogen-bond acceptors (Lipinski definition) is 3. The maximum Gasteiger partial charge on any atom is 0.173 e. The van der Waals surface area contributed by atoms with Crippen molar-refractivity contribution in [2.75, 3.05) is 0 Å². The van der Waals surface area contributed by atoms with Crippen LogP contribution < -0.4 is 0 Å². The largest absolute Gasteiger partial charge is 0.373 e. The van der Waals surface area contributed by atoms with Gasteiger partial charge in [-0.1, -0.05) is 66.7 Å². The van der Waals surface area contributed by atoms with Crippen molar-refractivity contribution in [2.45, 2.75) is 5.60 Å². The quantitative estimate of drug-likeness (QED) is 0.623. The minimum Gasteiger partial charge on any atom is -0.373 e. The topological polar surface area (TPSA) is 50.9 Å². The summed E-state index contributed by atoms with van der Waals surface area (Å²) in [4.78, 5) is 8.88. The molecule has 0 saturated heterocycles. The second kappa shape index (κ2) is 6.34. The Morgan fingerprint density at radius 1 is 0.680 bits per heavy atom. The molecule has 4 aromatic rings. The summed E-state index contributed by atoms with van der Waals surface area (Å²) in [5.74, 6) is 1.21. The van der Waals surface area contributed by atoms with Gasteiger partial charge >= 0.3 is 0 Å². The van der Waals surface area contributed by atoms with Crippen molar-refractivity contribution in [3.05, 3.63) is 114 Å². The Labute approximate surface area is 146 Å². The minimum atomic E-state index is -1.39. The van der Waals surface area contributed by atoms with Crippen LogP contribution in [0.1, 0.15) is 17.0 Å². The molecule has 122 valence electrons. The first-order valence-corrected chi connectivity index (χ1v) is 8.09. The Morgan fingerprint density at radius 2 is 1.28 bits per heavy atom. The predicted molar refractivity (Wildman–Crippen MR) is 96.3 cm³/mol. The van der Waals surface area contributed by atoms with Gasteiger partial charge in [-0.25, -0.2) is 9.97 Å². The van der Waals surface area contributed by atoms with Gasteiger partial charge in [0.05, 0.1) is 0 Å². The van der Waals surface area contributed by atoms with Crippen molar-refractivity contribution in [1.29, 1.82) is 0 Å². The first-order chi connectivity index (χ1) is 12.3. The molecule has 0 atom stereocenters. The molecule has 0 radical (unpaired) electrons. The molecule has 0 aliphatic heterocycles. The number of imidazole rings is 1. The zero-order valence-corrected chi connectivity index (χ0v) is 13.5. The third kappa shape index (κ3) is 2.62. The van der Waals surface area contributed by atoms with E-state index in [1.807, 2.05) is 89.6 Å². The molecule has 1 N–H and O–H groups in total. The molecule has 0 bridgehead atoms. The summed E-state index contributed by atoms with van der Waals surface area (Å²) in [6.07, 6.45) is 5.22. The van der Waals surface area contributed by atoms with E-state index in [0.29, 0.717) is 11.6 Å². The third-order valence-electron chi connectivity index (χ3n) is 4.24. The van der Waals surface area contributed by atoms with E-state index < -0.39 is 5.60 Å². The average Bonchev–Trinajstić information content (AvgIpc) is 3.20. The van der Waals surface area contributed by atoms with E-state index in [-0.39, 0.29) is 0 Å². The smallest absolute Gasteiger partial charge is 0.173 e. The minimum absolute atomic E-state index is 0.503. The lowest BCUT2D eigenvalue weighted by molar-refractivity contribution is 0.114. The van der Waals surface area contributed by atoms with Crippen molar-refractivity contribution < 1.29 is 5.11 Å². The van der Waals surface area contributed by atoms with Crippen molar-refractivity contribution in [2.24, 2.45) is 0 Å². The summed E-state index contributed by atoms with van der Waals surface area (Å²) < 4.78 is 1.82. The molecule has 0 aliphatic rings. The lowest BCUT2D eigenvalue weighted by Gasteiger charge is -2.29. The van der Waals surface area contributed by atoms with Gasteiger partial charge in [0.25, 0.3) is 0 Å². The Kier molecular flexibility index (Phi) is 3.88. The highest BCUT2D eigenvalue weighted by molar-refractivity contribution is 5.44. The van der Waals surface area contributed by atoms with Crippen molar-refractivity contribution in [3.8, 4) is 5.82 Å². The monoisotopic (exact) mass is 327 g/mol.